The molecule has 0 bridgehead atoms. The van der Waals surface area contributed by atoms with Gasteiger partial charge < -0.3 is 14.4 Å². The molecule has 1 amide bonds. The molecular formula is C27H26FN3O3S. The SMILES string of the molecule is COc1cc(F)ccc1-c1nnc(-c2ccc3c(c2)CCN(C(=O)OC(C)(C)C)C3)c2ccsc12. The number of halogens is 1. The summed E-state index contributed by atoms with van der Waals surface area (Å²) in [6.45, 7) is 6.75. The van der Waals surface area contributed by atoms with Crippen molar-refractivity contribution in [2.24, 2.45) is 0 Å². The van der Waals surface area contributed by atoms with Crippen LogP contribution in [0.2, 0.25) is 0 Å². The number of thiophene rings is 1. The molecule has 3 heterocycles. The Morgan fingerprint density at radius 1 is 1.06 bits per heavy atom. The Morgan fingerprint density at radius 3 is 2.63 bits per heavy atom. The summed E-state index contributed by atoms with van der Waals surface area (Å²) in [5.74, 6) is 0.0574. The van der Waals surface area contributed by atoms with Crippen molar-refractivity contribution in [3.8, 4) is 28.3 Å². The number of methoxy groups -OCH3 is 1. The lowest BCUT2D eigenvalue weighted by Crippen LogP contribution is -2.39. The summed E-state index contributed by atoms with van der Waals surface area (Å²) >= 11 is 1.57. The van der Waals surface area contributed by atoms with Gasteiger partial charge in [-0.1, -0.05) is 12.1 Å². The Labute approximate surface area is 207 Å². The molecule has 0 unspecified atom stereocenters. The quantitative estimate of drug-likeness (QED) is 0.329. The van der Waals surface area contributed by atoms with Crippen LogP contribution in [0.1, 0.15) is 31.9 Å². The number of amides is 1. The van der Waals surface area contributed by atoms with Gasteiger partial charge in [0, 0.05) is 35.7 Å². The number of benzene rings is 2. The minimum absolute atomic E-state index is 0.287. The molecule has 1 aliphatic rings. The number of ether oxygens (including phenoxy) is 2. The van der Waals surface area contributed by atoms with Crippen LogP contribution in [-0.2, 0) is 17.7 Å². The van der Waals surface area contributed by atoms with Gasteiger partial charge in [0.05, 0.1) is 11.8 Å². The molecule has 35 heavy (non-hydrogen) atoms. The average Bonchev–Trinajstić information content (AvgIpc) is 3.32. The number of hydrogen-bond donors (Lipinski definition) is 0. The minimum atomic E-state index is -0.518. The summed E-state index contributed by atoms with van der Waals surface area (Å²) in [5, 5.41) is 12.1. The zero-order chi connectivity index (χ0) is 24.7. The smallest absolute Gasteiger partial charge is 0.410 e. The maximum Gasteiger partial charge on any atom is 0.410 e. The number of hydrogen-bond acceptors (Lipinski definition) is 6. The molecule has 0 aliphatic carbocycles. The van der Waals surface area contributed by atoms with E-state index in [-0.39, 0.29) is 11.9 Å². The van der Waals surface area contributed by atoms with Crippen LogP contribution in [0.15, 0.2) is 47.8 Å². The van der Waals surface area contributed by atoms with Crippen molar-refractivity contribution in [1.82, 2.24) is 15.1 Å². The zero-order valence-corrected chi connectivity index (χ0v) is 20.9. The van der Waals surface area contributed by atoms with Gasteiger partial charge in [0.25, 0.3) is 0 Å². The van der Waals surface area contributed by atoms with E-state index in [4.69, 9.17) is 9.47 Å². The number of carbonyl (C=O) groups excluding carboxylic acids is 1. The third-order valence-corrected chi connectivity index (χ3v) is 6.87. The maximum absolute atomic E-state index is 13.7. The zero-order valence-electron chi connectivity index (χ0n) is 20.1. The largest absolute Gasteiger partial charge is 0.496 e. The van der Waals surface area contributed by atoms with E-state index < -0.39 is 5.60 Å². The monoisotopic (exact) mass is 491 g/mol. The molecule has 180 valence electrons. The van der Waals surface area contributed by atoms with Gasteiger partial charge >= 0.3 is 6.09 Å². The molecule has 0 saturated heterocycles. The highest BCUT2D eigenvalue weighted by Gasteiger charge is 2.26. The second-order valence-electron chi connectivity index (χ2n) is 9.54. The van der Waals surface area contributed by atoms with Crippen LogP contribution < -0.4 is 4.74 Å². The van der Waals surface area contributed by atoms with Crippen molar-refractivity contribution in [2.45, 2.75) is 39.3 Å². The van der Waals surface area contributed by atoms with Crippen LogP contribution in [0.4, 0.5) is 9.18 Å². The van der Waals surface area contributed by atoms with Crippen LogP contribution in [0.3, 0.4) is 0 Å². The van der Waals surface area contributed by atoms with E-state index in [0.29, 0.717) is 30.1 Å². The molecule has 4 aromatic rings. The molecule has 0 atom stereocenters. The van der Waals surface area contributed by atoms with E-state index in [1.807, 2.05) is 38.3 Å². The second-order valence-corrected chi connectivity index (χ2v) is 10.5. The Hall–Kier alpha value is -3.52. The Kier molecular flexibility index (Phi) is 5.92. The van der Waals surface area contributed by atoms with E-state index in [0.717, 1.165) is 33.3 Å². The van der Waals surface area contributed by atoms with E-state index in [1.165, 1.54) is 24.8 Å². The van der Waals surface area contributed by atoms with E-state index in [1.54, 1.807) is 22.3 Å². The van der Waals surface area contributed by atoms with Crippen molar-refractivity contribution in [2.75, 3.05) is 13.7 Å². The Bertz CT molecular complexity index is 1430. The molecule has 6 nitrogen and oxygen atoms in total. The number of carbonyl (C=O) groups is 1. The number of fused-ring (bicyclic) bond motifs is 2. The normalized spacial score (nSPS) is 13.6. The molecule has 0 spiro atoms. The molecule has 1 aliphatic heterocycles. The van der Waals surface area contributed by atoms with E-state index >= 15 is 0 Å². The predicted molar refractivity (Wildman–Crippen MR) is 135 cm³/mol. The molecule has 2 aromatic carbocycles. The van der Waals surface area contributed by atoms with Crippen molar-refractivity contribution in [3.05, 3.63) is 64.8 Å². The van der Waals surface area contributed by atoms with Gasteiger partial charge in [-0.15, -0.1) is 21.5 Å². The van der Waals surface area contributed by atoms with Crippen LogP contribution in [0, 0.1) is 5.82 Å². The summed E-state index contributed by atoms with van der Waals surface area (Å²) in [6, 6.07) is 12.7. The second kappa shape index (κ2) is 8.92. The van der Waals surface area contributed by atoms with Crippen LogP contribution in [0.5, 0.6) is 5.75 Å². The lowest BCUT2D eigenvalue weighted by Gasteiger charge is -2.31. The number of nitrogens with zero attached hydrogens (tertiary/aromatic N) is 3. The van der Waals surface area contributed by atoms with Gasteiger partial charge in [0.1, 0.15) is 28.6 Å². The van der Waals surface area contributed by atoms with Crippen molar-refractivity contribution in [3.63, 3.8) is 0 Å². The van der Waals surface area contributed by atoms with Gasteiger partial charge in [-0.3, -0.25) is 0 Å². The third-order valence-electron chi connectivity index (χ3n) is 5.95. The van der Waals surface area contributed by atoms with Gasteiger partial charge in [-0.05, 0) is 68.0 Å². The molecule has 0 N–H and O–H groups in total. The maximum atomic E-state index is 13.7. The molecule has 2 aromatic heterocycles. The van der Waals surface area contributed by atoms with Crippen molar-refractivity contribution in [1.29, 1.82) is 0 Å². The highest BCUT2D eigenvalue weighted by molar-refractivity contribution is 7.17. The highest BCUT2D eigenvalue weighted by Crippen LogP contribution is 2.39. The van der Waals surface area contributed by atoms with Gasteiger partial charge in [0.15, 0.2) is 0 Å². The Morgan fingerprint density at radius 2 is 1.86 bits per heavy atom. The summed E-state index contributed by atoms with van der Waals surface area (Å²) < 4.78 is 25.6. The average molecular weight is 492 g/mol. The summed E-state index contributed by atoms with van der Waals surface area (Å²) in [5.41, 5.74) is 4.92. The first-order valence-electron chi connectivity index (χ1n) is 11.4. The molecule has 5 rings (SSSR count). The van der Waals surface area contributed by atoms with Crippen molar-refractivity contribution < 1.29 is 18.7 Å². The van der Waals surface area contributed by atoms with Gasteiger partial charge in [-0.2, -0.15) is 0 Å². The molecule has 0 saturated carbocycles. The molecule has 8 heteroatoms. The highest BCUT2D eigenvalue weighted by atomic mass is 32.1. The lowest BCUT2D eigenvalue weighted by molar-refractivity contribution is 0.0224. The summed E-state index contributed by atoms with van der Waals surface area (Å²) in [4.78, 5) is 14.2. The molecular weight excluding hydrogens is 465 g/mol. The predicted octanol–water partition coefficient (Wildman–Crippen LogP) is 6.47. The third kappa shape index (κ3) is 4.58. The molecule has 0 radical (unpaired) electrons. The fourth-order valence-electron chi connectivity index (χ4n) is 4.31. The van der Waals surface area contributed by atoms with Crippen LogP contribution in [0.25, 0.3) is 32.6 Å². The summed E-state index contributed by atoms with van der Waals surface area (Å²) in [6.07, 6.45) is 0.456. The number of aromatic nitrogens is 2. The standard InChI is InChI=1S/C27H26FN3O3S/c1-27(2,3)34-26(32)31-11-9-16-13-17(5-6-18(16)15-31)23-21-10-12-35-25(21)24(30-29-23)20-8-7-19(28)14-22(20)33-4/h5-8,10,12-14H,9,11,15H2,1-4H3. The summed E-state index contributed by atoms with van der Waals surface area (Å²) in [7, 11) is 1.52. The topological polar surface area (TPSA) is 64.6 Å². The van der Waals surface area contributed by atoms with Crippen LogP contribution >= 0.6 is 11.3 Å². The van der Waals surface area contributed by atoms with Gasteiger partial charge in [-0.25, -0.2) is 9.18 Å². The fourth-order valence-corrected chi connectivity index (χ4v) is 5.21. The molecule has 0 fully saturated rings. The first-order valence-corrected chi connectivity index (χ1v) is 12.3. The Balaban J connectivity index is 1.48. The van der Waals surface area contributed by atoms with Crippen LogP contribution in [-0.4, -0.2) is 40.4 Å². The minimum Gasteiger partial charge on any atom is -0.496 e. The first-order chi connectivity index (χ1) is 16.7. The first kappa shape index (κ1) is 23.2. The van der Waals surface area contributed by atoms with E-state index in [9.17, 15) is 9.18 Å². The fraction of sp³-hybridized carbons (Fsp3) is 0.296. The number of rotatable bonds is 3. The van der Waals surface area contributed by atoms with E-state index in [2.05, 4.69) is 22.3 Å². The lowest BCUT2D eigenvalue weighted by atomic mass is 9.95. The van der Waals surface area contributed by atoms with Crippen molar-refractivity contribution >= 4 is 27.5 Å². The van der Waals surface area contributed by atoms with Gasteiger partial charge in [0.2, 0.25) is 0 Å².